The van der Waals surface area contributed by atoms with Crippen LogP contribution < -0.4 is 5.32 Å². The molecule has 1 aliphatic heterocycles. The molecular formula is C11H12BrNO2S. The number of nitrogens with one attached hydrogen (secondary N) is 1. The van der Waals surface area contributed by atoms with Crippen LogP contribution in [-0.2, 0) is 4.79 Å². The number of thioether (sulfide) groups is 1. The van der Waals surface area contributed by atoms with Crippen molar-refractivity contribution in [3.8, 4) is 0 Å². The van der Waals surface area contributed by atoms with Gasteiger partial charge in [0.2, 0.25) is 0 Å². The Morgan fingerprint density at radius 1 is 1.56 bits per heavy atom. The Labute approximate surface area is 107 Å². The molecule has 1 fully saturated rings. The van der Waals surface area contributed by atoms with E-state index in [1.54, 1.807) is 11.8 Å². The van der Waals surface area contributed by atoms with E-state index in [4.69, 9.17) is 0 Å². The van der Waals surface area contributed by atoms with E-state index in [9.17, 15) is 9.90 Å². The first-order chi connectivity index (χ1) is 7.62. The van der Waals surface area contributed by atoms with Crippen LogP contribution in [-0.4, -0.2) is 28.1 Å². The summed E-state index contributed by atoms with van der Waals surface area (Å²) in [6.07, 6.45) is 0.666. The first-order valence-corrected chi connectivity index (χ1v) is 6.92. The number of hydrogen-bond donors (Lipinski definition) is 2. The predicted molar refractivity (Wildman–Crippen MR) is 70.1 cm³/mol. The van der Waals surface area contributed by atoms with Gasteiger partial charge in [0.15, 0.2) is 0 Å². The number of aliphatic carboxylic acids is 1. The number of benzene rings is 1. The molecule has 0 aromatic heterocycles. The number of rotatable bonds is 3. The summed E-state index contributed by atoms with van der Waals surface area (Å²) in [7, 11) is 0. The minimum atomic E-state index is -0.800. The molecule has 1 aromatic rings. The van der Waals surface area contributed by atoms with Gasteiger partial charge in [0.1, 0.15) is 5.54 Å². The Morgan fingerprint density at radius 3 is 2.94 bits per heavy atom. The molecule has 1 unspecified atom stereocenters. The molecule has 1 aliphatic rings. The van der Waals surface area contributed by atoms with Gasteiger partial charge in [0.05, 0.1) is 0 Å². The summed E-state index contributed by atoms with van der Waals surface area (Å²) >= 11 is 5.05. The van der Waals surface area contributed by atoms with Crippen molar-refractivity contribution in [2.24, 2.45) is 0 Å². The normalized spacial score (nSPS) is 24.3. The van der Waals surface area contributed by atoms with Crippen LogP contribution in [0.15, 0.2) is 28.7 Å². The fourth-order valence-electron chi connectivity index (χ4n) is 1.73. The highest BCUT2D eigenvalue weighted by molar-refractivity contribution is 9.10. The van der Waals surface area contributed by atoms with Crippen LogP contribution in [0.3, 0.4) is 0 Å². The van der Waals surface area contributed by atoms with Crippen molar-refractivity contribution in [3.63, 3.8) is 0 Å². The summed E-state index contributed by atoms with van der Waals surface area (Å²) in [5.41, 5.74) is 0.0464. The second kappa shape index (κ2) is 4.67. The molecule has 1 aromatic carbocycles. The number of anilines is 1. The second-order valence-corrected chi connectivity index (χ2v) is 5.85. The molecular weight excluding hydrogens is 290 g/mol. The summed E-state index contributed by atoms with van der Waals surface area (Å²) in [6.45, 7) is 0. The standard InChI is InChI=1S/C11H12BrNO2S/c12-8-2-1-3-9(6-8)13-11(10(14)15)4-5-16-7-11/h1-3,6,13H,4-5,7H2,(H,14,15). The smallest absolute Gasteiger partial charge is 0.330 e. The van der Waals surface area contributed by atoms with Gasteiger partial charge in [-0.2, -0.15) is 11.8 Å². The number of carbonyl (C=O) groups is 1. The van der Waals surface area contributed by atoms with Crippen molar-refractivity contribution in [2.75, 3.05) is 16.8 Å². The molecule has 0 saturated carbocycles. The third-order valence-corrected chi connectivity index (χ3v) is 4.32. The first kappa shape index (κ1) is 11.8. The average Bonchev–Trinajstić information content (AvgIpc) is 2.67. The molecule has 1 atom stereocenters. The maximum Gasteiger partial charge on any atom is 0.330 e. The van der Waals surface area contributed by atoms with E-state index < -0.39 is 11.5 Å². The number of halogens is 1. The molecule has 0 spiro atoms. The fourth-order valence-corrected chi connectivity index (χ4v) is 3.45. The van der Waals surface area contributed by atoms with Crippen molar-refractivity contribution in [3.05, 3.63) is 28.7 Å². The highest BCUT2D eigenvalue weighted by atomic mass is 79.9. The predicted octanol–water partition coefficient (Wildman–Crippen LogP) is 2.82. The van der Waals surface area contributed by atoms with Gasteiger partial charge in [-0.1, -0.05) is 22.0 Å². The molecule has 0 amide bonds. The first-order valence-electron chi connectivity index (χ1n) is 4.97. The van der Waals surface area contributed by atoms with E-state index in [1.807, 2.05) is 24.3 Å². The Kier molecular flexibility index (Phi) is 3.44. The van der Waals surface area contributed by atoms with Gasteiger partial charge in [-0.05, 0) is 30.4 Å². The zero-order valence-electron chi connectivity index (χ0n) is 8.57. The molecule has 0 radical (unpaired) electrons. The number of hydrogen-bond acceptors (Lipinski definition) is 3. The third kappa shape index (κ3) is 2.35. The van der Waals surface area contributed by atoms with Gasteiger partial charge >= 0.3 is 5.97 Å². The SMILES string of the molecule is O=C(O)C1(Nc2cccc(Br)c2)CCSC1. The topological polar surface area (TPSA) is 49.3 Å². The highest BCUT2D eigenvalue weighted by Gasteiger charge is 2.41. The van der Waals surface area contributed by atoms with Crippen LogP contribution >= 0.6 is 27.7 Å². The molecule has 2 rings (SSSR count). The minimum absolute atomic E-state index is 0.620. The van der Waals surface area contributed by atoms with Gasteiger partial charge in [-0.3, -0.25) is 0 Å². The summed E-state index contributed by atoms with van der Waals surface area (Å²) in [6, 6.07) is 7.60. The van der Waals surface area contributed by atoms with Gasteiger partial charge in [0.25, 0.3) is 0 Å². The van der Waals surface area contributed by atoms with Gasteiger partial charge in [-0.25, -0.2) is 4.79 Å². The number of carboxylic acids is 1. The summed E-state index contributed by atoms with van der Waals surface area (Å²) < 4.78 is 0.948. The lowest BCUT2D eigenvalue weighted by atomic mass is 9.99. The average molecular weight is 302 g/mol. The second-order valence-electron chi connectivity index (χ2n) is 3.83. The van der Waals surface area contributed by atoms with E-state index in [2.05, 4.69) is 21.2 Å². The van der Waals surface area contributed by atoms with Crippen molar-refractivity contribution >= 4 is 39.3 Å². The van der Waals surface area contributed by atoms with E-state index >= 15 is 0 Å². The molecule has 0 bridgehead atoms. The quantitative estimate of drug-likeness (QED) is 0.901. The molecule has 3 nitrogen and oxygen atoms in total. The third-order valence-electron chi connectivity index (χ3n) is 2.64. The van der Waals surface area contributed by atoms with Crippen LogP contribution in [0, 0.1) is 0 Å². The molecule has 0 aliphatic carbocycles. The monoisotopic (exact) mass is 301 g/mol. The molecule has 2 N–H and O–H groups in total. The van der Waals surface area contributed by atoms with Crippen LogP contribution in [0.5, 0.6) is 0 Å². The van der Waals surface area contributed by atoms with Gasteiger partial charge in [0, 0.05) is 15.9 Å². The number of carboxylic acid groups (broad SMARTS) is 1. The molecule has 16 heavy (non-hydrogen) atoms. The lowest BCUT2D eigenvalue weighted by Gasteiger charge is -2.25. The lowest BCUT2D eigenvalue weighted by Crippen LogP contribution is -2.46. The van der Waals surface area contributed by atoms with Crippen molar-refractivity contribution < 1.29 is 9.90 Å². The Bertz CT molecular complexity index is 405. The Balaban J connectivity index is 2.21. The maximum absolute atomic E-state index is 11.3. The Morgan fingerprint density at radius 2 is 2.38 bits per heavy atom. The van der Waals surface area contributed by atoms with Crippen LogP contribution in [0.25, 0.3) is 0 Å². The zero-order valence-corrected chi connectivity index (χ0v) is 11.0. The molecule has 5 heteroatoms. The van der Waals surface area contributed by atoms with Crippen molar-refractivity contribution in [1.82, 2.24) is 0 Å². The zero-order chi connectivity index (χ0) is 11.6. The van der Waals surface area contributed by atoms with Crippen LogP contribution in [0.4, 0.5) is 5.69 Å². The van der Waals surface area contributed by atoms with Crippen molar-refractivity contribution in [1.29, 1.82) is 0 Å². The largest absolute Gasteiger partial charge is 0.479 e. The van der Waals surface area contributed by atoms with Crippen LogP contribution in [0.2, 0.25) is 0 Å². The molecule has 1 heterocycles. The van der Waals surface area contributed by atoms with E-state index in [1.165, 1.54) is 0 Å². The van der Waals surface area contributed by atoms with Gasteiger partial charge < -0.3 is 10.4 Å². The Hall–Kier alpha value is -0.680. The van der Waals surface area contributed by atoms with Crippen molar-refractivity contribution in [2.45, 2.75) is 12.0 Å². The lowest BCUT2D eigenvalue weighted by molar-refractivity contribution is -0.141. The fraction of sp³-hybridized carbons (Fsp3) is 0.364. The highest BCUT2D eigenvalue weighted by Crippen LogP contribution is 2.32. The molecule has 1 saturated heterocycles. The molecule has 86 valence electrons. The summed E-state index contributed by atoms with van der Waals surface area (Å²) in [5.74, 6) is 0.750. The van der Waals surface area contributed by atoms with E-state index in [0.29, 0.717) is 12.2 Å². The van der Waals surface area contributed by atoms with Gasteiger partial charge in [-0.15, -0.1) is 0 Å². The van der Waals surface area contributed by atoms with Crippen LogP contribution in [0.1, 0.15) is 6.42 Å². The summed E-state index contributed by atoms with van der Waals surface area (Å²) in [5, 5.41) is 12.5. The maximum atomic E-state index is 11.3. The van der Waals surface area contributed by atoms with E-state index in [-0.39, 0.29) is 0 Å². The van der Waals surface area contributed by atoms with E-state index in [0.717, 1.165) is 15.9 Å². The minimum Gasteiger partial charge on any atom is -0.479 e. The summed E-state index contributed by atoms with van der Waals surface area (Å²) in [4.78, 5) is 11.3.